The number of amides is 2. The van der Waals surface area contributed by atoms with Gasteiger partial charge in [-0.2, -0.15) is 0 Å². The van der Waals surface area contributed by atoms with Gasteiger partial charge in [-0.25, -0.2) is 0 Å². The van der Waals surface area contributed by atoms with Crippen molar-refractivity contribution in [2.24, 2.45) is 5.73 Å². The van der Waals surface area contributed by atoms with Crippen molar-refractivity contribution in [3.05, 3.63) is 22.2 Å². The summed E-state index contributed by atoms with van der Waals surface area (Å²) in [7, 11) is 1.51. The highest BCUT2D eigenvalue weighted by molar-refractivity contribution is 9.10. The van der Waals surface area contributed by atoms with E-state index < -0.39 is 5.91 Å². The summed E-state index contributed by atoms with van der Waals surface area (Å²) in [4.78, 5) is 25.3. The molecular weight excluding hydrogens is 364 g/mol. The average molecular weight is 387 g/mol. The van der Waals surface area contributed by atoms with Crippen molar-refractivity contribution >= 4 is 27.7 Å². The predicted octanol–water partition coefficient (Wildman–Crippen LogP) is 2.58. The van der Waals surface area contributed by atoms with Crippen LogP contribution in [0.3, 0.4) is 0 Å². The second kappa shape index (κ2) is 8.76. The molecule has 1 rings (SSSR count). The van der Waals surface area contributed by atoms with Gasteiger partial charge in [-0.15, -0.1) is 0 Å². The van der Waals surface area contributed by atoms with Crippen molar-refractivity contribution in [2.45, 2.75) is 33.2 Å². The van der Waals surface area contributed by atoms with E-state index in [0.29, 0.717) is 28.1 Å². The number of hydrogen-bond donors (Lipinski definition) is 1. The number of halogens is 1. The maximum Gasteiger partial charge on any atom is 0.254 e. The molecule has 2 amide bonds. The number of carbonyl (C=O) groups excluding carboxylic acids is 2. The summed E-state index contributed by atoms with van der Waals surface area (Å²) < 4.78 is 11.6. The van der Waals surface area contributed by atoms with E-state index in [1.807, 2.05) is 20.8 Å². The molecule has 0 atom stereocenters. The van der Waals surface area contributed by atoms with E-state index in [0.717, 1.165) is 6.42 Å². The monoisotopic (exact) mass is 386 g/mol. The Balaban J connectivity index is 3.18. The van der Waals surface area contributed by atoms with E-state index in [4.69, 9.17) is 15.2 Å². The first-order valence-corrected chi connectivity index (χ1v) is 8.20. The Morgan fingerprint density at radius 3 is 2.48 bits per heavy atom. The minimum Gasteiger partial charge on any atom is -0.493 e. The Morgan fingerprint density at radius 2 is 2.00 bits per heavy atom. The SMILES string of the molecule is CCCOc1c(Br)cc(C(=O)N(CC(N)=O)C(C)C)cc1OC. The molecule has 0 saturated carbocycles. The summed E-state index contributed by atoms with van der Waals surface area (Å²) in [6, 6.07) is 3.11. The molecule has 0 saturated heterocycles. The number of benzene rings is 1. The van der Waals surface area contributed by atoms with E-state index >= 15 is 0 Å². The van der Waals surface area contributed by atoms with Crippen molar-refractivity contribution in [2.75, 3.05) is 20.3 Å². The lowest BCUT2D eigenvalue weighted by atomic mass is 10.1. The second-order valence-electron chi connectivity index (χ2n) is 5.33. The fourth-order valence-electron chi connectivity index (χ4n) is 2.01. The molecule has 0 radical (unpaired) electrons. The number of rotatable bonds is 8. The third-order valence-electron chi connectivity index (χ3n) is 3.14. The van der Waals surface area contributed by atoms with Crippen LogP contribution in [0.2, 0.25) is 0 Å². The van der Waals surface area contributed by atoms with Gasteiger partial charge in [0.25, 0.3) is 5.91 Å². The molecule has 1 aromatic carbocycles. The first-order valence-electron chi connectivity index (χ1n) is 7.41. The second-order valence-corrected chi connectivity index (χ2v) is 6.19. The highest BCUT2D eigenvalue weighted by atomic mass is 79.9. The van der Waals surface area contributed by atoms with Crippen molar-refractivity contribution in [3.8, 4) is 11.5 Å². The fraction of sp³-hybridized carbons (Fsp3) is 0.500. The molecule has 0 aliphatic carbocycles. The van der Waals surface area contributed by atoms with Crippen LogP contribution in [0, 0.1) is 0 Å². The van der Waals surface area contributed by atoms with Crippen molar-refractivity contribution in [3.63, 3.8) is 0 Å². The molecule has 0 spiro atoms. The van der Waals surface area contributed by atoms with Gasteiger partial charge < -0.3 is 20.1 Å². The van der Waals surface area contributed by atoms with Gasteiger partial charge in [0.2, 0.25) is 5.91 Å². The topological polar surface area (TPSA) is 81.9 Å². The number of nitrogens with two attached hydrogens (primary N) is 1. The van der Waals surface area contributed by atoms with Gasteiger partial charge in [0.05, 0.1) is 24.7 Å². The van der Waals surface area contributed by atoms with Crippen LogP contribution in [-0.2, 0) is 4.79 Å². The highest BCUT2D eigenvalue weighted by Crippen LogP contribution is 2.37. The number of primary amides is 1. The minimum absolute atomic E-state index is 0.134. The molecule has 23 heavy (non-hydrogen) atoms. The lowest BCUT2D eigenvalue weighted by Gasteiger charge is -2.26. The Kier molecular flexibility index (Phi) is 7.35. The van der Waals surface area contributed by atoms with Gasteiger partial charge in [0.1, 0.15) is 0 Å². The maximum absolute atomic E-state index is 12.7. The van der Waals surface area contributed by atoms with Gasteiger partial charge in [-0.3, -0.25) is 9.59 Å². The lowest BCUT2D eigenvalue weighted by molar-refractivity contribution is -0.119. The zero-order valence-electron chi connectivity index (χ0n) is 13.9. The molecular formula is C16H23BrN2O4. The summed E-state index contributed by atoms with van der Waals surface area (Å²) >= 11 is 3.41. The van der Waals surface area contributed by atoms with Crippen molar-refractivity contribution < 1.29 is 19.1 Å². The lowest BCUT2D eigenvalue weighted by Crippen LogP contribution is -2.42. The Bertz CT molecular complexity index is 575. The van der Waals surface area contributed by atoms with Gasteiger partial charge in [-0.05, 0) is 48.3 Å². The van der Waals surface area contributed by atoms with Gasteiger partial charge >= 0.3 is 0 Å². The first kappa shape index (κ1) is 19.3. The number of hydrogen-bond acceptors (Lipinski definition) is 4. The predicted molar refractivity (Wildman–Crippen MR) is 91.8 cm³/mol. The summed E-state index contributed by atoms with van der Waals surface area (Å²) in [5.41, 5.74) is 5.62. The van der Waals surface area contributed by atoms with Gasteiger partial charge in [0.15, 0.2) is 11.5 Å². The van der Waals surface area contributed by atoms with Crippen LogP contribution in [0.1, 0.15) is 37.6 Å². The number of methoxy groups -OCH3 is 1. The van der Waals surface area contributed by atoms with E-state index in [-0.39, 0.29) is 18.5 Å². The third-order valence-corrected chi connectivity index (χ3v) is 3.73. The number of carbonyl (C=O) groups is 2. The Labute approximate surface area is 145 Å². The largest absolute Gasteiger partial charge is 0.493 e. The van der Waals surface area contributed by atoms with Crippen molar-refractivity contribution in [1.29, 1.82) is 0 Å². The molecule has 1 aromatic rings. The maximum atomic E-state index is 12.7. The molecule has 0 fully saturated rings. The van der Waals surface area contributed by atoms with E-state index in [2.05, 4.69) is 15.9 Å². The molecule has 0 unspecified atom stereocenters. The summed E-state index contributed by atoms with van der Waals surface area (Å²) in [6.07, 6.45) is 0.857. The highest BCUT2D eigenvalue weighted by Gasteiger charge is 2.23. The van der Waals surface area contributed by atoms with Gasteiger partial charge in [0, 0.05) is 11.6 Å². The summed E-state index contributed by atoms with van der Waals surface area (Å²) in [5, 5.41) is 0. The van der Waals surface area contributed by atoms with Crippen LogP contribution in [0.4, 0.5) is 0 Å². The zero-order chi connectivity index (χ0) is 17.6. The van der Waals surface area contributed by atoms with Crippen LogP contribution in [0.15, 0.2) is 16.6 Å². The smallest absolute Gasteiger partial charge is 0.254 e. The van der Waals surface area contributed by atoms with Crippen LogP contribution < -0.4 is 15.2 Å². The molecule has 128 valence electrons. The normalized spacial score (nSPS) is 10.5. The Hall–Kier alpha value is -1.76. The molecule has 6 nitrogen and oxygen atoms in total. The molecule has 0 bridgehead atoms. The van der Waals surface area contributed by atoms with Crippen LogP contribution in [-0.4, -0.2) is 43.0 Å². The number of ether oxygens (including phenoxy) is 2. The minimum atomic E-state index is -0.555. The zero-order valence-corrected chi connectivity index (χ0v) is 15.5. The molecule has 0 aliphatic rings. The molecule has 0 aliphatic heterocycles. The summed E-state index contributed by atoms with van der Waals surface area (Å²) in [5.74, 6) is 0.164. The first-order chi connectivity index (χ1) is 10.8. The van der Waals surface area contributed by atoms with E-state index in [1.165, 1.54) is 12.0 Å². The van der Waals surface area contributed by atoms with E-state index in [1.54, 1.807) is 12.1 Å². The summed E-state index contributed by atoms with van der Waals surface area (Å²) in [6.45, 7) is 6.06. The average Bonchev–Trinajstić information content (AvgIpc) is 2.49. The molecule has 0 heterocycles. The fourth-order valence-corrected chi connectivity index (χ4v) is 2.57. The van der Waals surface area contributed by atoms with Crippen LogP contribution in [0.5, 0.6) is 11.5 Å². The van der Waals surface area contributed by atoms with Crippen LogP contribution in [0.25, 0.3) is 0 Å². The standard InChI is InChI=1S/C16H23BrN2O4/c1-5-6-23-15-12(17)7-11(8-13(15)22-4)16(21)19(10(2)3)9-14(18)20/h7-8,10H,5-6,9H2,1-4H3,(H2,18,20). The Morgan fingerprint density at radius 1 is 1.35 bits per heavy atom. The van der Waals surface area contributed by atoms with Gasteiger partial charge in [-0.1, -0.05) is 6.92 Å². The molecule has 7 heteroatoms. The van der Waals surface area contributed by atoms with E-state index in [9.17, 15) is 9.59 Å². The number of nitrogens with zero attached hydrogens (tertiary/aromatic N) is 1. The molecule has 0 aromatic heterocycles. The van der Waals surface area contributed by atoms with Crippen molar-refractivity contribution in [1.82, 2.24) is 4.90 Å². The molecule has 2 N–H and O–H groups in total. The quantitative estimate of drug-likeness (QED) is 0.744. The third kappa shape index (κ3) is 5.13. The van der Waals surface area contributed by atoms with Crippen LogP contribution >= 0.6 is 15.9 Å².